The van der Waals surface area contributed by atoms with Crippen molar-refractivity contribution in [2.24, 2.45) is 0 Å². The van der Waals surface area contributed by atoms with Gasteiger partial charge in [-0.2, -0.15) is 5.10 Å². The predicted molar refractivity (Wildman–Crippen MR) is 64.4 cm³/mol. The van der Waals surface area contributed by atoms with E-state index in [1.807, 2.05) is 24.3 Å². The van der Waals surface area contributed by atoms with Crippen LogP contribution in [0.2, 0.25) is 5.02 Å². The second-order valence-corrected chi connectivity index (χ2v) is 4.40. The van der Waals surface area contributed by atoms with Crippen molar-refractivity contribution in [3.8, 4) is 11.3 Å². The van der Waals surface area contributed by atoms with Gasteiger partial charge in [-0.15, -0.1) is 0 Å². The molecule has 0 atom stereocenters. The number of rotatable bonds is 1. The zero-order valence-electron chi connectivity index (χ0n) is 8.76. The third-order valence-corrected chi connectivity index (χ3v) is 3.18. The maximum absolute atomic E-state index is 5.88. The van der Waals surface area contributed by atoms with E-state index in [0.29, 0.717) is 0 Å². The van der Waals surface area contributed by atoms with Crippen LogP contribution >= 0.6 is 11.6 Å². The highest BCUT2D eigenvalue weighted by Crippen LogP contribution is 2.26. The third-order valence-electron chi connectivity index (χ3n) is 2.92. The van der Waals surface area contributed by atoms with Crippen LogP contribution in [-0.2, 0) is 13.0 Å². The fraction of sp³-hybridized carbons (Fsp3) is 0.250. The van der Waals surface area contributed by atoms with Gasteiger partial charge in [0.1, 0.15) is 0 Å². The standard InChI is InChI=1S/C12H12ClN3/c13-9-3-1-8(2-4-9)12-10-7-14-6-5-11(10)15-16-12/h1-4,14H,5-7H2,(H,15,16). The van der Waals surface area contributed by atoms with Crippen LogP contribution in [0, 0.1) is 0 Å². The summed E-state index contributed by atoms with van der Waals surface area (Å²) in [5, 5.41) is 11.6. The molecule has 2 aromatic rings. The predicted octanol–water partition coefficient (Wildman–Crippen LogP) is 2.38. The first kappa shape index (κ1) is 9.87. The van der Waals surface area contributed by atoms with E-state index in [0.717, 1.165) is 35.8 Å². The maximum atomic E-state index is 5.88. The van der Waals surface area contributed by atoms with Crippen LogP contribution in [0.3, 0.4) is 0 Å². The summed E-state index contributed by atoms with van der Waals surface area (Å²) in [6, 6.07) is 7.81. The number of H-pyrrole nitrogens is 1. The third kappa shape index (κ3) is 1.62. The Morgan fingerprint density at radius 1 is 1.19 bits per heavy atom. The number of aromatic nitrogens is 2. The van der Waals surface area contributed by atoms with E-state index in [9.17, 15) is 0 Å². The highest BCUT2D eigenvalue weighted by atomic mass is 35.5. The molecule has 82 valence electrons. The summed E-state index contributed by atoms with van der Waals surface area (Å²) >= 11 is 5.88. The van der Waals surface area contributed by atoms with Crippen LogP contribution in [0.1, 0.15) is 11.3 Å². The normalized spacial score (nSPS) is 14.8. The first-order valence-corrected chi connectivity index (χ1v) is 5.75. The quantitative estimate of drug-likeness (QED) is 0.794. The van der Waals surface area contributed by atoms with E-state index in [1.54, 1.807) is 0 Å². The molecule has 1 aliphatic rings. The smallest absolute Gasteiger partial charge is 0.0968 e. The van der Waals surface area contributed by atoms with Gasteiger partial charge >= 0.3 is 0 Å². The molecule has 0 bridgehead atoms. The molecule has 0 unspecified atom stereocenters. The van der Waals surface area contributed by atoms with Crippen molar-refractivity contribution in [3.63, 3.8) is 0 Å². The fourth-order valence-electron chi connectivity index (χ4n) is 2.07. The molecule has 0 radical (unpaired) electrons. The lowest BCUT2D eigenvalue weighted by Gasteiger charge is -2.12. The number of benzene rings is 1. The summed E-state index contributed by atoms with van der Waals surface area (Å²) in [7, 11) is 0. The molecule has 3 rings (SSSR count). The molecule has 1 aromatic carbocycles. The van der Waals surface area contributed by atoms with Crippen LogP contribution in [0.15, 0.2) is 24.3 Å². The van der Waals surface area contributed by atoms with Gasteiger partial charge in [-0.05, 0) is 12.1 Å². The molecule has 2 heterocycles. The zero-order valence-corrected chi connectivity index (χ0v) is 9.51. The number of nitrogens with zero attached hydrogens (tertiary/aromatic N) is 1. The second-order valence-electron chi connectivity index (χ2n) is 3.96. The van der Waals surface area contributed by atoms with Crippen molar-refractivity contribution in [3.05, 3.63) is 40.5 Å². The minimum absolute atomic E-state index is 0.756. The van der Waals surface area contributed by atoms with Crippen molar-refractivity contribution in [1.29, 1.82) is 0 Å². The molecule has 0 aliphatic carbocycles. The van der Waals surface area contributed by atoms with E-state index < -0.39 is 0 Å². The number of halogens is 1. The van der Waals surface area contributed by atoms with Crippen molar-refractivity contribution in [2.45, 2.75) is 13.0 Å². The van der Waals surface area contributed by atoms with Gasteiger partial charge in [0.15, 0.2) is 0 Å². The van der Waals surface area contributed by atoms with E-state index in [2.05, 4.69) is 15.5 Å². The Bertz CT molecular complexity index is 501. The molecule has 0 spiro atoms. The molecular formula is C12H12ClN3. The van der Waals surface area contributed by atoms with Crippen molar-refractivity contribution >= 4 is 11.6 Å². The summed E-state index contributed by atoms with van der Waals surface area (Å²) in [6.07, 6.45) is 1.02. The van der Waals surface area contributed by atoms with Gasteiger partial charge in [-0.1, -0.05) is 23.7 Å². The van der Waals surface area contributed by atoms with Gasteiger partial charge in [-0.3, -0.25) is 5.10 Å². The molecule has 2 N–H and O–H groups in total. The molecule has 1 aliphatic heterocycles. The number of fused-ring (bicyclic) bond motifs is 1. The minimum atomic E-state index is 0.756. The lowest BCUT2D eigenvalue weighted by molar-refractivity contribution is 0.637. The molecule has 16 heavy (non-hydrogen) atoms. The summed E-state index contributed by atoms with van der Waals surface area (Å²) in [4.78, 5) is 0. The summed E-state index contributed by atoms with van der Waals surface area (Å²) < 4.78 is 0. The highest BCUT2D eigenvalue weighted by molar-refractivity contribution is 6.30. The van der Waals surface area contributed by atoms with Gasteiger partial charge in [-0.25, -0.2) is 0 Å². The van der Waals surface area contributed by atoms with E-state index in [1.165, 1.54) is 11.3 Å². The second kappa shape index (κ2) is 3.92. The molecule has 0 fully saturated rings. The Kier molecular flexibility index (Phi) is 2.42. The van der Waals surface area contributed by atoms with Gasteiger partial charge in [0.05, 0.1) is 5.69 Å². The molecular weight excluding hydrogens is 222 g/mol. The van der Waals surface area contributed by atoms with Crippen LogP contribution in [0.25, 0.3) is 11.3 Å². The van der Waals surface area contributed by atoms with E-state index >= 15 is 0 Å². The first-order valence-electron chi connectivity index (χ1n) is 5.37. The largest absolute Gasteiger partial charge is 0.312 e. The summed E-state index contributed by atoms with van der Waals surface area (Å²) in [5.41, 5.74) is 4.70. The SMILES string of the molecule is Clc1ccc(-c2n[nH]c3c2CNCC3)cc1. The number of hydrogen-bond acceptors (Lipinski definition) is 2. The molecule has 0 saturated heterocycles. The van der Waals surface area contributed by atoms with Crippen molar-refractivity contribution in [2.75, 3.05) is 6.54 Å². The van der Waals surface area contributed by atoms with Crippen LogP contribution < -0.4 is 5.32 Å². The molecule has 4 heteroatoms. The van der Waals surface area contributed by atoms with Crippen molar-refractivity contribution < 1.29 is 0 Å². The van der Waals surface area contributed by atoms with Crippen LogP contribution in [-0.4, -0.2) is 16.7 Å². The van der Waals surface area contributed by atoms with Crippen LogP contribution in [0.5, 0.6) is 0 Å². The highest BCUT2D eigenvalue weighted by Gasteiger charge is 2.17. The summed E-state index contributed by atoms with van der Waals surface area (Å²) in [6.45, 7) is 1.92. The number of hydrogen-bond donors (Lipinski definition) is 2. The van der Waals surface area contributed by atoms with Gasteiger partial charge in [0.2, 0.25) is 0 Å². The molecule has 1 aromatic heterocycles. The average Bonchev–Trinajstić information content (AvgIpc) is 2.74. The van der Waals surface area contributed by atoms with Crippen molar-refractivity contribution in [1.82, 2.24) is 15.5 Å². The lowest BCUT2D eigenvalue weighted by Crippen LogP contribution is -2.23. The Balaban J connectivity index is 2.06. The van der Waals surface area contributed by atoms with Gasteiger partial charge < -0.3 is 5.32 Å². The Labute approximate surface area is 98.8 Å². The van der Waals surface area contributed by atoms with Gasteiger partial charge in [0, 0.05) is 41.4 Å². The summed E-state index contributed by atoms with van der Waals surface area (Å²) in [5.74, 6) is 0. The topological polar surface area (TPSA) is 40.7 Å². The number of nitrogens with one attached hydrogen (secondary N) is 2. The number of aromatic amines is 1. The zero-order chi connectivity index (χ0) is 11.0. The van der Waals surface area contributed by atoms with Crippen LogP contribution in [0.4, 0.5) is 0 Å². The Morgan fingerprint density at radius 2 is 2.00 bits per heavy atom. The van der Waals surface area contributed by atoms with E-state index in [4.69, 9.17) is 11.6 Å². The first-order chi connectivity index (χ1) is 7.84. The maximum Gasteiger partial charge on any atom is 0.0968 e. The fourth-order valence-corrected chi connectivity index (χ4v) is 2.20. The van der Waals surface area contributed by atoms with E-state index in [-0.39, 0.29) is 0 Å². The molecule has 0 amide bonds. The molecule has 0 saturated carbocycles. The Morgan fingerprint density at radius 3 is 2.81 bits per heavy atom. The Hall–Kier alpha value is -1.32. The average molecular weight is 234 g/mol. The monoisotopic (exact) mass is 233 g/mol. The van der Waals surface area contributed by atoms with Gasteiger partial charge in [0.25, 0.3) is 0 Å². The molecule has 3 nitrogen and oxygen atoms in total. The minimum Gasteiger partial charge on any atom is -0.312 e. The lowest BCUT2D eigenvalue weighted by atomic mass is 10.0.